The van der Waals surface area contributed by atoms with Crippen molar-refractivity contribution in [2.24, 2.45) is 0 Å². The van der Waals surface area contributed by atoms with Crippen LogP contribution < -0.4 is 0 Å². The molecule has 0 spiro atoms. The molecule has 0 radical (unpaired) electrons. The summed E-state index contributed by atoms with van der Waals surface area (Å²) in [5.74, 6) is -0.771. The number of carboxylic acids is 1. The Morgan fingerprint density at radius 2 is 2.15 bits per heavy atom. The fourth-order valence-corrected chi connectivity index (χ4v) is 1.79. The van der Waals surface area contributed by atoms with Crippen molar-refractivity contribution in [2.75, 3.05) is 13.6 Å². The number of carbonyl (C=O) groups is 1. The first-order chi connectivity index (χ1) is 6.11. The molecule has 13 heavy (non-hydrogen) atoms. The molecule has 1 N–H and O–H groups in total. The van der Waals surface area contributed by atoms with E-state index in [0.717, 1.165) is 17.7 Å². The Bertz CT molecular complexity index is 279. The van der Waals surface area contributed by atoms with E-state index in [0.29, 0.717) is 0 Å². The third kappa shape index (κ3) is 1.65. The van der Waals surface area contributed by atoms with Crippen LogP contribution in [0.25, 0.3) is 0 Å². The largest absolute Gasteiger partial charge is 0.480 e. The second kappa shape index (κ2) is 3.75. The van der Waals surface area contributed by atoms with Gasteiger partial charge >= 0.3 is 5.97 Å². The highest BCUT2D eigenvalue weighted by molar-refractivity contribution is 5.80. The quantitative estimate of drug-likeness (QED) is 0.662. The molecule has 1 unspecified atom stereocenters. The Morgan fingerprint density at radius 1 is 1.54 bits per heavy atom. The third-order valence-electron chi connectivity index (χ3n) is 2.42. The van der Waals surface area contributed by atoms with Crippen LogP contribution >= 0.6 is 0 Å². The molecule has 1 fully saturated rings. The number of hydrogen-bond donors (Lipinski definition) is 1. The number of rotatable bonds is 1. The monoisotopic (exact) mass is 181 g/mol. The Labute approximate surface area is 78.4 Å². The van der Waals surface area contributed by atoms with Gasteiger partial charge in [0.1, 0.15) is 6.04 Å². The van der Waals surface area contributed by atoms with Crippen molar-refractivity contribution in [3.63, 3.8) is 0 Å². The van der Waals surface area contributed by atoms with Crippen LogP contribution in [-0.4, -0.2) is 35.6 Å². The van der Waals surface area contributed by atoms with Gasteiger partial charge in [-0.05, 0) is 32.0 Å². The molecular formula is C10H15NO2. The lowest BCUT2D eigenvalue weighted by atomic mass is 10.0. The topological polar surface area (TPSA) is 40.5 Å². The summed E-state index contributed by atoms with van der Waals surface area (Å²) in [7, 11) is 1.83. The van der Waals surface area contributed by atoms with Crippen LogP contribution in [0.2, 0.25) is 0 Å². The summed E-state index contributed by atoms with van der Waals surface area (Å²) in [5.41, 5.74) is 2.05. The molecule has 0 aliphatic carbocycles. The number of likely N-dealkylation sites (tertiary alicyclic amines) is 1. The SMILES string of the molecule is C/C=C1/CN(C)C(C(=O)O)/C1=C/C. The molecule has 0 aromatic heterocycles. The van der Waals surface area contributed by atoms with Crippen molar-refractivity contribution in [3.8, 4) is 0 Å². The van der Waals surface area contributed by atoms with Crippen LogP contribution in [0.15, 0.2) is 23.3 Å². The van der Waals surface area contributed by atoms with Crippen molar-refractivity contribution in [2.45, 2.75) is 19.9 Å². The van der Waals surface area contributed by atoms with E-state index in [1.165, 1.54) is 0 Å². The first kappa shape index (κ1) is 9.99. The highest BCUT2D eigenvalue weighted by Gasteiger charge is 2.34. The van der Waals surface area contributed by atoms with Gasteiger partial charge in [-0.2, -0.15) is 0 Å². The number of nitrogens with zero attached hydrogens (tertiary/aromatic N) is 1. The maximum absolute atomic E-state index is 10.9. The summed E-state index contributed by atoms with van der Waals surface area (Å²) in [4.78, 5) is 12.8. The number of allylic oxidation sites excluding steroid dienone is 2. The van der Waals surface area contributed by atoms with Gasteiger partial charge in [-0.25, -0.2) is 0 Å². The minimum atomic E-state index is -0.771. The minimum absolute atomic E-state index is 0.462. The molecule has 1 aliphatic rings. The average molecular weight is 181 g/mol. The zero-order valence-corrected chi connectivity index (χ0v) is 8.24. The first-order valence-corrected chi connectivity index (χ1v) is 4.36. The molecule has 1 heterocycles. The number of aliphatic carboxylic acids is 1. The lowest BCUT2D eigenvalue weighted by molar-refractivity contribution is -0.140. The van der Waals surface area contributed by atoms with E-state index >= 15 is 0 Å². The second-order valence-electron chi connectivity index (χ2n) is 3.21. The molecule has 0 bridgehead atoms. The molecule has 1 rings (SSSR count). The maximum Gasteiger partial charge on any atom is 0.325 e. The Hall–Kier alpha value is -1.09. The van der Waals surface area contributed by atoms with Gasteiger partial charge in [-0.15, -0.1) is 0 Å². The van der Waals surface area contributed by atoms with Crippen molar-refractivity contribution < 1.29 is 9.90 Å². The second-order valence-corrected chi connectivity index (χ2v) is 3.21. The normalized spacial score (nSPS) is 30.2. The molecule has 1 aliphatic heterocycles. The summed E-state index contributed by atoms with van der Waals surface area (Å²) in [6, 6.07) is -0.462. The number of carboxylic acid groups (broad SMARTS) is 1. The zero-order valence-electron chi connectivity index (χ0n) is 8.24. The van der Waals surface area contributed by atoms with Crippen LogP contribution in [0.5, 0.6) is 0 Å². The molecule has 0 aromatic carbocycles. The van der Waals surface area contributed by atoms with Crippen molar-refractivity contribution in [3.05, 3.63) is 23.3 Å². The lowest BCUT2D eigenvalue weighted by Crippen LogP contribution is -2.33. The van der Waals surface area contributed by atoms with Crippen molar-refractivity contribution in [1.29, 1.82) is 0 Å². The number of hydrogen-bond acceptors (Lipinski definition) is 2. The molecule has 3 heteroatoms. The predicted octanol–water partition coefficient (Wildman–Crippen LogP) is 1.28. The Balaban J connectivity index is 3.04. The van der Waals surface area contributed by atoms with E-state index in [1.807, 2.05) is 37.9 Å². The van der Waals surface area contributed by atoms with Gasteiger partial charge < -0.3 is 5.11 Å². The maximum atomic E-state index is 10.9. The Morgan fingerprint density at radius 3 is 2.54 bits per heavy atom. The van der Waals surface area contributed by atoms with Gasteiger partial charge in [0.2, 0.25) is 0 Å². The van der Waals surface area contributed by atoms with E-state index in [1.54, 1.807) is 0 Å². The first-order valence-electron chi connectivity index (χ1n) is 4.36. The smallest absolute Gasteiger partial charge is 0.325 e. The van der Waals surface area contributed by atoms with Crippen molar-refractivity contribution in [1.82, 2.24) is 4.90 Å². The van der Waals surface area contributed by atoms with E-state index < -0.39 is 12.0 Å². The molecule has 0 aromatic rings. The number of likely N-dealkylation sites (N-methyl/N-ethyl adjacent to an activating group) is 1. The molecule has 0 saturated carbocycles. The van der Waals surface area contributed by atoms with Crippen LogP contribution in [0, 0.1) is 0 Å². The van der Waals surface area contributed by atoms with Crippen LogP contribution in [-0.2, 0) is 4.79 Å². The summed E-state index contributed by atoms with van der Waals surface area (Å²) < 4.78 is 0. The van der Waals surface area contributed by atoms with Gasteiger partial charge in [0, 0.05) is 6.54 Å². The van der Waals surface area contributed by atoms with E-state index in [4.69, 9.17) is 5.11 Å². The molecule has 3 nitrogen and oxygen atoms in total. The third-order valence-corrected chi connectivity index (χ3v) is 2.42. The summed E-state index contributed by atoms with van der Waals surface area (Å²) in [5, 5.41) is 8.99. The van der Waals surface area contributed by atoms with E-state index in [-0.39, 0.29) is 0 Å². The molecule has 0 amide bonds. The average Bonchev–Trinajstić information content (AvgIpc) is 2.41. The van der Waals surface area contributed by atoms with E-state index in [2.05, 4.69) is 0 Å². The van der Waals surface area contributed by atoms with Crippen LogP contribution in [0.1, 0.15) is 13.8 Å². The van der Waals surface area contributed by atoms with Gasteiger partial charge in [-0.1, -0.05) is 12.2 Å². The standard InChI is InChI=1S/C10H15NO2/c1-4-7-6-11(3)9(10(12)13)8(7)5-2/h4-5,9H,6H2,1-3H3,(H,12,13)/b7-4-,8-5+. The summed E-state index contributed by atoms with van der Waals surface area (Å²) >= 11 is 0. The predicted molar refractivity (Wildman–Crippen MR) is 51.6 cm³/mol. The zero-order chi connectivity index (χ0) is 10.0. The van der Waals surface area contributed by atoms with Gasteiger partial charge in [0.15, 0.2) is 0 Å². The fraction of sp³-hybridized carbons (Fsp3) is 0.500. The molecule has 72 valence electrons. The van der Waals surface area contributed by atoms with Crippen LogP contribution in [0.3, 0.4) is 0 Å². The van der Waals surface area contributed by atoms with E-state index in [9.17, 15) is 4.79 Å². The molecular weight excluding hydrogens is 166 g/mol. The summed E-state index contributed by atoms with van der Waals surface area (Å²) in [6.07, 6.45) is 3.87. The minimum Gasteiger partial charge on any atom is -0.480 e. The lowest BCUT2D eigenvalue weighted by Gasteiger charge is -2.14. The highest BCUT2D eigenvalue weighted by Crippen LogP contribution is 2.27. The van der Waals surface area contributed by atoms with Gasteiger partial charge in [-0.3, -0.25) is 9.69 Å². The van der Waals surface area contributed by atoms with Crippen molar-refractivity contribution >= 4 is 5.97 Å². The van der Waals surface area contributed by atoms with Gasteiger partial charge in [0.05, 0.1) is 0 Å². The Kier molecular flexibility index (Phi) is 2.88. The molecule has 1 atom stereocenters. The highest BCUT2D eigenvalue weighted by atomic mass is 16.4. The van der Waals surface area contributed by atoms with Gasteiger partial charge in [0.25, 0.3) is 0 Å². The summed E-state index contributed by atoms with van der Waals surface area (Å²) in [6.45, 7) is 4.55. The molecule has 1 saturated heterocycles. The fourth-order valence-electron chi connectivity index (χ4n) is 1.79. The van der Waals surface area contributed by atoms with Crippen LogP contribution in [0.4, 0.5) is 0 Å².